The quantitative estimate of drug-likeness (QED) is 0.528. The molecule has 3 nitrogen and oxygen atoms in total. The lowest BCUT2D eigenvalue weighted by Crippen LogP contribution is -2.04. The van der Waals surface area contributed by atoms with Gasteiger partial charge in [-0.05, 0) is 42.3 Å². The van der Waals surface area contributed by atoms with Gasteiger partial charge in [0.05, 0.1) is 0 Å². The third-order valence-corrected chi connectivity index (χ3v) is 6.31. The largest absolute Gasteiger partial charge is 0.303 e. The van der Waals surface area contributed by atoms with E-state index in [9.17, 15) is 0 Å². The lowest BCUT2D eigenvalue weighted by Gasteiger charge is -2.08. The minimum absolute atomic E-state index is 0.595. The zero-order valence-electron chi connectivity index (χ0n) is 13.2. The molecule has 1 fully saturated rings. The number of hydrogen-bond donors (Lipinski definition) is 0. The molecule has 0 N–H and O–H groups in total. The summed E-state index contributed by atoms with van der Waals surface area (Å²) >= 11 is 9.81. The summed E-state index contributed by atoms with van der Waals surface area (Å²) in [6.07, 6.45) is 4.31. The number of thiophene rings is 1. The molecule has 1 aromatic carbocycles. The van der Waals surface area contributed by atoms with Crippen molar-refractivity contribution in [2.24, 2.45) is 0 Å². The summed E-state index contributed by atoms with van der Waals surface area (Å²) in [5.74, 6) is 2.06. The van der Waals surface area contributed by atoms with E-state index < -0.39 is 0 Å². The molecule has 0 unspecified atom stereocenters. The van der Waals surface area contributed by atoms with Gasteiger partial charge in [-0.25, -0.2) is 0 Å². The molecular weight excluding hydrogens is 358 g/mol. The summed E-state index contributed by atoms with van der Waals surface area (Å²) < 4.78 is 2.36. The Hall–Kier alpha value is -1.30. The van der Waals surface area contributed by atoms with Crippen molar-refractivity contribution in [2.75, 3.05) is 5.75 Å². The maximum Gasteiger partial charge on any atom is 0.191 e. The minimum Gasteiger partial charge on any atom is -0.303 e. The van der Waals surface area contributed by atoms with Crippen molar-refractivity contribution in [3.63, 3.8) is 0 Å². The second-order valence-electron chi connectivity index (χ2n) is 5.95. The van der Waals surface area contributed by atoms with Crippen LogP contribution in [0.4, 0.5) is 0 Å². The van der Waals surface area contributed by atoms with Crippen LogP contribution in [-0.4, -0.2) is 20.5 Å². The van der Waals surface area contributed by atoms with Crippen molar-refractivity contribution in [1.29, 1.82) is 0 Å². The molecule has 0 atom stereocenters. The summed E-state index contributed by atoms with van der Waals surface area (Å²) in [5.41, 5.74) is 1.20. The van der Waals surface area contributed by atoms with Crippen molar-refractivity contribution in [3.05, 3.63) is 63.1 Å². The first kappa shape index (κ1) is 16.2. The van der Waals surface area contributed by atoms with Crippen LogP contribution in [0.1, 0.15) is 35.1 Å². The van der Waals surface area contributed by atoms with Crippen molar-refractivity contribution in [2.45, 2.75) is 36.9 Å². The standard InChI is InChI=1S/C18H18ClN3S2/c19-16-6-2-1-4-13(16)9-11-24-18-21-20-17(22(18)14-7-8-14)12-15-5-3-10-23-15/h1-6,10,14H,7-9,11-12H2. The van der Waals surface area contributed by atoms with Gasteiger partial charge in [0.2, 0.25) is 0 Å². The molecule has 6 heteroatoms. The third-order valence-electron chi connectivity index (χ3n) is 4.12. The van der Waals surface area contributed by atoms with Crippen molar-refractivity contribution in [3.8, 4) is 0 Å². The van der Waals surface area contributed by atoms with E-state index in [0.29, 0.717) is 6.04 Å². The van der Waals surface area contributed by atoms with E-state index in [2.05, 4.69) is 38.3 Å². The zero-order valence-corrected chi connectivity index (χ0v) is 15.6. The van der Waals surface area contributed by atoms with Crippen molar-refractivity contribution >= 4 is 34.7 Å². The first-order valence-electron chi connectivity index (χ1n) is 8.13. The molecule has 0 spiro atoms. The Morgan fingerprint density at radius 1 is 1.17 bits per heavy atom. The fourth-order valence-corrected chi connectivity index (χ4v) is 4.68. The van der Waals surface area contributed by atoms with Gasteiger partial charge in [-0.2, -0.15) is 0 Å². The Balaban J connectivity index is 1.45. The van der Waals surface area contributed by atoms with Gasteiger partial charge in [-0.3, -0.25) is 0 Å². The Morgan fingerprint density at radius 2 is 2.04 bits per heavy atom. The molecule has 4 rings (SSSR count). The second kappa shape index (κ2) is 7.30. The maximum absolute atomic E-state index is 6.24. The van der Waals surface area contributed by atoms with Gasteiger partial charge in [-0.1, -0.05) is 47.6 Å². The number of thioether (sulfide) groups is 1. The van der Waals surface area contributed by atoms with Gasteiger partial charge in [0.1, 0.15) is 5.82 Å². The van der Waals surface area contributed by atoms with E-state index in [0.717, 1.165) is 34.6 Å². The van der Waals surface area contributed by atoms with Crippen LogP contribution in [0.5, 0.6) is 0 Å². The zero-order chi connectivity index (χ0) is 16.4. The number of hydrogen-bond acceptors (Lipinski definition) is 4. The number of aryl methyl sites for hydroxylation is 1. The lowest BCUT2D eigenvalue weighted by molar-refractivity contribution is 0.635. The van der Waals surface area contributed by atoms with E-state index in [1.165, 1.54) is 23.3 Å². The third kappa shape index (κ3) is 3.68. The van der Waals surface area contributed by atoms with Crippen LogP contribution in [0.15, 0.2) is 46.9 Å². The predicted molar refractivity (Wildman–Crippen MR) is 101 cm³/mol. The summed E-state index contributed by atoms with van der Waals surface area (Å²) in [4.78, 5) is 1.34. The highest BCUT2D eigenvalue weighted by atomic mass is 35.5. The summed E-state index contributed by atoms with van der Waals surface area (Å²) in [6.45, 7) is 0. The maximum atomic E-state index is 6.24. The van der Waals surface area contributed by atoms with Gasteiger partial charge in [0.15, 0.2) is 5.16 Å². The predicted octanol–water partition coefficient (Wildman–Crippen LogP) is 5.25. The van der Waals surface area contributed by atoms with Crippen LogP contribution in [0.2, 0.25) is 5.02 Å². The molecule has 124 valence electrons. The second-order valence-corrected chi connectivity index (χ2v) is 8.45. The number of aromatic nitrogens is 3. The highest BCUT2D eigenvalue weighted by Gasteiger charge is 2.29. The number of benzene rings is 1. The Kier molecular flexibility index (Phi) is 4.92. The van der Waals surface area contributed by atoms with Crippen LogP contribution >= 0.6 is 34.7 Å². The monoisotopic (exact) mass is 375 g/mol. The molecule has 2 aromatic heterocycles. The molecule has 0 amide bonds. The molecule has 1 aliphatic carbocycles. The van der Waals surface area contributed by atoms with E-state index >= 15 is 0 Å². The Morgan fingerprint density at radius 3 is 2.79 bits per heavy atom. The van der Waals surface area contributed by atoms with Gasteiger partial charge < -0.3 is 4.57 Å². The molecule has 1 saturated carbocycles. The van der Waals surface area contributed by atoms with Crippen LogP contribution in [0.3, 0.4) is 0 Å². The molecule has 0 aliphatic heterocycles. The molecule has 0 bridgehead atoms. The fraction of sp³-hybridized carbons (Fsp3) is 0.333. The van der Waals surface area contributed by atoms with E-state index in [-0.39, 0.29) is 0 Å². The molecule has 24 heavy (non-hydrogen) atoms. The van der Waals surface area contributed by atoms with E-state index in [4.69, 9.17) is 11.6 Å². The number of nitrogens with zero attached hydrogens (tertiary/aromatic N) is 3. The summed E-state index contributed by atoms with van der Waals surface area (Å²) in [6, 6.07) is 12.9. The SMILES string of the molecule is Clc1ccccc1CCSc1nnc(Cc2cccs2)n1C1CC1. The van der Waals surface area contributed by atoms with Gasteiger partial charge in [-0.15, -0.1) is 21.5 Å². The molecule has 2 heterocycles. The first-order chi connectivity index (χ1) is 11.8. The lowest BCUT2D eigenvalue weighted by atomic mass is 10.2. The van der Waals surface area contributed by atoms with Crippen LogP contribution in [0.25, 0.3) is 0 Å². The van der Waals surface area contributed by atoms with Gasteiger partial charge in [0.25, 0.3) is 0 Å². The fourth-order valence-electron chi connectivity index (χ4n) is 2.75. The minimum atomic E-state index is 0.595. The van der Waals surface area contributed by atoms with Crippen molar-refractivity contribution < 1.29 is 0 Å². The highest BCUT2D eigenvalue weighted by Crippen LogP contribution is 2.39. The van der Waals surface area contributed by atoms with Gasteiger partial charge in [0, 0.05) is 28.1 Å². The van der Waals surface area contributed by atoms with Crippen LogP contribution < -0.4 is 0 Å². The van der Waals surface area contributed by atoms with Crippen LogP contribution in [0, 0.1) is 0 Å². The number of rotatable bonds is 7. The van der Waals surface area contributed by atoms with Gasteiger partial charge >= 0.3 is 0 Å². The highest BCUT2D eigenvalue weighted by molar-refractivity contribution is 7.99. The summed E-state index contributed by atoms with van der Waals surface area (Å²) in [7, 11) is 0. The Bertz CT molecular complexity index is 810. The smallest absolute Gasteiger partial charge is 0.191 e. The molecule has 0 radical (unpaired) electrons. The molecular formula is C18H18ClN3S2. The Labute approximate surface area is 155 Å². The average molecular weight is 376 g/mol. The topological polar surface area (TPSA) is 30.7 Å². The van der Waals surface area contributed by atoms with Crippen LogP contribution in [-0.2, 0) is 12.8 Å². The van der Waals surface area contributed by atoms with Crippen molar-refractivity contribution in [1.82, 2.24) is 14.8 Å². The first-order valence-corrected chi connectivity index (χ1v) is 10.4. The molecule has 0 saturated heterocycles. The molecule has 3 aromatic rings. The van der Waals surface area contributed by atoms with E-state index in [1.54, 1.807) is 23.1 Å². The average Bonchev–Trinajstić information content (AvgIpc) is 3.14. The normalized spacial score (nSPS) is 14.2. The van der Waals surface area contributed by atoms with E-state index in [1.807, 2.05) is 18.2 Å². The molecule has 1 aliphatic rings. The summed E-state index contributed by atoms with van der Waals surface area (Å²) in [5, 5.41) is 12.9. The number of halogens is 1.